The molecule has 2 rings (SSSR count). The molecule has 3 amide bonds. The van der Waals surface area contributed by atoms with Gasteiger partial charge in [-0.2, -0.15) is 0 Å². The van der Waals surface area contributed by atoms with Gasteiger partial charge in [-0.1, -0.05) is 18.9 Å². The van der Waals surface area contributed by atoms with Crippen LogP contribution in [0.4, 0.5) is 10.5 Å². The molecule has 2 unspecified atom stereocenters. The fraction of sp³-hybridized carbons (Fsp3) is 0.556. The third-order valence-electron chi connectivity index (χ3n) is 4.33. The van der Waals surface area contributed by atoms with Gasteiger partial charge in [-0.3, -0.25) is 4.79 Å². The molecule has 0 aromatic heterocycles. The van der Waals surface area contributed by atoms with E-state index in [4.69, 9.17) is 5.73 Å². The Morgan fingerprint density at radius 1 is 1.24 bits per heavy atom. The van der Waals surface area contributed by atoms with Crippen LogP contribution in [0.5, 0.6) is 0 Å². The summed E-state index contributed by atoms with van der Waals surface area (Å²) in [6.45, 7) is 4.38. The number of amides is 3. The number of nitrogens with two attached hydrogens (primary N) is 1. The predicted molar refractivity (Wildman–Crippen MR) is 103 cm³/mol. The minimum atomic E-state index is -0.280. The maximum absolute atomic E-state index is 12.5. The summed E-state index contributed by atoms with van der Waals surface area (Å²) in [5.74, 6) is 0.231. The molecule has 5 N–H and O–H groups in total. The summed E-state index contributed by atoms with van der Waals surface area (Å²) in [7, 11) is 0. The zero-order valence-electron chi connectivity index (χ0n) is 14.9. The zero-order chi connectivity index (χ0) is 17.5. The molecule has 2 atom stereocenters. The van der Waals surface area contributed by atoms with E-state index in [0.29, 0.717) is 23.7 Å². The Balaban J connectivity index is 0.00000312. The number of rotatable bonds is 5. The highest BCUT2D eigenvalue weighted by Crippen LogP contribution is 2.24. The van der Waals surface area contributed by atoms with Crippen molar-refractivity contribution in [1.29, 1.82) is 0 Å². The van der Waals surface area contributed by atoms with Crippen LogP contribution in [0.15, 0.2) is 24.3 Å². The molecule has 0 heterocycles. The Morgan fingerprint density at radius 3 is 2.64 bits per heavy atom. The second kappa shape index (κ2) is 10.3. The van der Waals surface area contributed by atoms with E-state index in [1.807, 2.05) is 13.8 Å². The van der Waals surface area contributed by atoms with Crippen molar-refractivity contribution < 1.29 is 9.59 Å². The van der Waals surface area contributed by atoms with Gasteiger partial charge in [0.2, 0.25) is 0 Å². The van der Waals surface area contributed by atoms with Gasteiger partial charge in [0.05, 0.1) is 0 Å². The van der Waals surface area contributed by atoms with E-state index in [0.717, 1.165) is 19.3 Å². The largest absolute Gasteiger partial charge is 0.349 e. The van der Waals surface area contributed by atoms with Crippen LogP contribution in [-0.4, -0.2) is 30.6 Å². The molecule has 140 valence electrons. The van der Waals surface area contributed by atoms with Gasteiger partial charge in [-0.15, -0.1) is 12.4 Å². The molecule has 0 bridgehead atoms. The maximum atomic E-state index is 12.5. The van der Waals surface area contributed by atoms with Gasteiger partial charge in [0.15, 0.2) is 0 Å². The third-order valence-corrected chi connectivity index (χ3v) is 4.33. The van der Waals surface area contributed by atoms with E-state index < -0.39 is 0 Å². The fourth-order valence-electron chi connectivity index (χ4n) is 3.10. The van der Waals surface area contributed by atoms with Crippen molar-refractivity contribution >= 4 is 30.0 Å². The van der Waals surface area contributed by atoms with Gasteiger partial charge in [0.1, 0.15) is 0 Å². The predicted octanol–water partition coefficient (Wildman–Crippen LogP) is 2.89. The van der Waals surface area contributed by atoms with Crippen LogP contribution in [0.1, 0.15) is 49.9 Å². The first-order valence-corrected chi connectivity index (χ1v) is 8.68. The van der Waals surface area contributed by atoms with Gasteiger partial charge in [-0.25, -0.2) is 4.79 Å². The lowest BCUT2D eigenvalue weighted by Gasteiger charge is -2.31. The maximum Gasteiger partial charge on any atom is 0.319 e. The number of benzene rings is 1. The SMILES string of the molecule is CC(C)NC(=O)Nc1cccc(C(=O)NC2CCCCC2CN)c1.Cl. The monoisotopic (exact) mass is 368 g/mol. The number of hydrogen-bond donors (Lipinski definition) is 4. The number of carbonyl (C=O) groups excluding carboxylic acids is 2. The first kappa shape index (κ1) is 21.3. The summed E-state index contributed by atoms with van der Waals surface area (Å²) in [5, 5.41) is 8.60. The van der Waals surface area contributed by atoms with Crippen molar-refractivity contribution in [3.05, 3.63) is 29.8 Å². The molecule has 0 radical (unpaired) electrons. The topological polar surface area (TPSA) is 96.2 Å². The van der Waals surface area contributed by atoms with Gasteiger partial charge in [0.25, 0.3) is 5.91 Å². The summed E-state index contributed by atoms with van der Waals surface area (Å²) in [6.07, 6.45) is 4.35. The van der Waals surface area contributed by atoms with Gasteiger partial charge in [-0.05, 0) is 57.4 Å². The van der Waals surface area contributed by atoms with E-state index in [1.165, 1.54) is 6.42 Å². The molecule has 0 spiro atoms. The van der Waals surface area contributed by atoms with Crippen LogP contribution in [-0.2, 0) is 0 Å². The number of anilines is 1. The van der Waals surface area contributed by atoms with Crippen molar-refractivity contribution in [2.75, 3.05) is 11.9 Å². The highest BCUT2D eigenvalue weighted by Gasteiger charge is 2.25. The van der Waals surface area contributed by atoms with E-state index in [-0.39, 0.29) is 36.4 Å². The molecule has 1 fully saturated rings. The van der Waals surface area contributed by atoms with Crippen LogP contribution in [0.25, 0.3) is 0 Å². The second-order valence-corrected chi connectivity index (χ2v) is 6.69. The van der Waals surface area contributed by atoms with Crippen LogP contribution >= 0.6 is 12.4 Å². The minimum Gasteiger partial charge on any atom is -0.349 e. The number of urea groups is 1. The van der Waals surface area contributed by atoms with Gasteiger partial charge < -0.3 is 21.7 Å². The molecule has 25 heavy (non-hydrogen) atoms. The van der Waals surface area contributed by atoms with E-state index >= 15 is 0 Å². The van der Waals surface area contributed by atoms with Crippen molar-refractivity contribution in [2.45, 2.75) is 51.6 Å². The number of hydrogen-bond acceptors (Lipinski definition) is 3. The molecule has 6 nitrogen and oxygen atoms in total. The van der Waals surface area contributed by atoms with Crippen molar-refractivity contribution in [2.24, 2.45) is 11.7 Å². The Morgan fingerprint density at radius 2 is 1.96 bits per heavy atom. The van der Waals surface area contributed by atoms with Crippen LogP contribution in [0.2, 0.25) is 0 Å². The standard InChI is InChI=1S/C18H28N4O2.ClH/c1-12(2)20-18(24)21-15-8-5-7-13(10-15)17(23)22-16-9-4-3-6-14(16)11-19;/h5,7-8,10,12,14,16H,3-4,6,9,11,19H2,1-2H3,(H,22,23)(H2,20,21,24);1H. The summed E-state index contributed by atoms with van der Waals surface area (Å²) >= 11 is 0. The fourth-order valence-corrected chi connectivity index (χ4v) is 3.10. The van der Waals surface area contributed by atoms with Crippen LogP contribution < -0.4 is 21.7 Å². The van der Waals surface area contributed by atoms with Crippen LogP contribution in [0, 0.1) is 5.92 Å². The van der Waals surface area contributed by atoms with Gasteiger partial charge >= 0.3 is 6.03 Å². The van der Waals surface area contributed by atoms with E-state index in [9.17, 15) is 9.59 Å². The third kappa shape index (κ3) is 6.55. The average Bonchev–Trinajstić information content (AvgIpc) is 2.54. The van der Waals surface area contributed by atoms with Crippen molar-refractivity contribution in [3.63, 3.8) is 0 Å². The molecular weight excluding hydrogens is 340 g/mol. The molecule has 1 aliphatic rings. The average molecular weight is 369 g/mol. The summed E-state index contributed by atoms with van der Waals surface area (Å²) < 4.78 is 0. The molecule has 1 aliphatic carbocycles. The summed E-state index contributed by atoms with van der Waals surface area (Å²) in [6, 6.07) is 6.88. The molecular formula is C18H29ClN4O2. The summed E-state index contributed by atoms with van der Waals surface area (Å²) in [4.78, 5) is 24.3. The zero-order valence-corrected chi connectivity index (χ0v) is 15.7. The first-order valence-electron chi connectivity index (χ1n) is 8.68. The normalized spacial score (nSPS) is 19.7. The Bertz CT molecular complexity index is 580. The lowest BCUT2D eigenvalue weighted by atomic mass is 9.84. The quantitative estimate of drug-likeness (QED) is 0.643. The summed E-state index contributed by atoms with van der Waals surface area (Å²) in [5.41, 5.74) is 6.96. The minimum absolute atomic E-state index is 0. The van der Waals surface area contributed by atoms with Crippen LogP contribution in [0.3, 0.4) is 0 Å². The number of carbonyl (C=O) groups is 2. The smallest absolute Gasteiger partial charge is 0.319 e. The lowest BCUT2D eigenvalue weighted by Crippen LogP contribution is -2.44. The molecule has 1 aromatic rings. The Kier molecular flexibility index (Phi) is 8.72. The highest BCUT2D eigenvalue weighted by molar-refractivity contribution is 5.97. The second-order valence-electron chi connectivity index (χ2n) is 6.69. The highest BCUT2D eigenvalue weighted by atomic mass is 35.5. The molecule has 0 aliphatic heterocycles. The molecule has 1 saturated carbocycles. The molecule has 0 saturated heterocycles. The van der Waals surface area contributed by atoms with E-state index in [1.54, 1.807) is 24.3 Å². The lowest BCUT2D eigenvalue weighted by molar-refractivity contribution is 0.0908. The molecule has 1 aromatic carbocycles. The van der Waals surface area contributed by atoms with Crippen molar-refractivity contribution in [3.8, 4) is 0 Å². The number of halogens is 1. The Labute approximate surface area is 155 Å². The van der Waals surface area contributed by atoms with Gasteiger partial charge in [0, 0.05) is 23.3 Å². The Hall–Kier alpha value is -1.79. The van der Waals surface area contributed by atoms with Crippen molar-refractivity contribution in [1.82, 2.24) is 10.6 Å². The number of nitrogens with one attached hydrogen (secondary N) is 3. The molecule has 7 heteroatoms. The van der Waals surface area contributed by atoms with E-state index in [2.05, 4.69) is 16.0 Å². The first-order chi connectivity index (χ1) is 11.5.